The van der Waals surface area contributed by atoms with Crippen LogP contribution in [0.4, 0.5) is 0 Å². The third-order valence-electron chi connectivity index (χ3n) is 3.18. The second kappa shape index (κ2) is 5.11. The number of nitrogens with one attached hydrogen (secondary N) is 1. The second-order valence-electron chi connectivity index (χ2n) is 4.63. The van der Waals surface area contributed by atoms with Crippen LogP contribution in [-0.2, 0) is 19.5 Å². The van der Waals surface area contributed by atoms with Gasteiger partial charge in [0.2, 0.25) is 0 Å². The van der Waals surface area contributed by atoms with Gasteiger partial charge in [0.05, 0.1) is 10.3 Å². The first kappa shape index (κ1) is 12.3. The summed E-state index contributed by atoms with van der Waals surface area (Å²) in [6.45, 7) is 3.81. The average molecular weight is 327 g/mol. The van der Waals surface area contributed by atoms with Crippen molar-refractivity contribution in [3.05, 3.63) is 32.4 Å². The smallest absolute Gasteiger partial charge is 0.147 e. The van der Waals surface area contributed by atoms with Crippen LogP contribution in [0.15, 0.2) is 15.2 Å². The van der Waals surface area contributed by atoms with Gasteiger partial charge in [0.15, 0.2) is 0 Å². The number of halogens is 1. The summed E-state index contributed by atoms with van der Waals surface area (Å²) in [6, 6.07) is 2.67. The van der Waals surface area contributed by atoms with Crippen molar-refractivity contribution in [2.75, 3.05) is 0 Å². The van der Waals surface area contributed by atoms with E-state index >= 15 is 0 Å². The number of fused-ring (bicyclic) bond motifs is 1. The summed E-state index contributed by atoms with van der Waals surface area (Å²) >= 11 is 5.22. The second-order valence-corrected chi connectivity index (χ2v) is 6.92. The molecule has 0 fully saturated rings. The number of rotatable bonds is 3. The van der Waals surface area contributed by atoms with Crippen molar-refractivity contribution >= 4 is 27.3 Å². The average Bonchev–Trinajstić information content (AvgIpc) is 2.90. The van der Waals surface area contributed by atoms with E-state index in [4.69, 9.17) is 0 Å². The number of thiophene rings is 1. The fraction of sp³-hybridized carbons (Fsp3) is 0.500. The maximum atomic E-state index is 4.43. The maximum Gasteiger partial charge on any atom is 0.147 e. The quantitative estimate of drug-likeness (QED) is 0.942. The van der Waals surface area contributed by atoms with Gasteiger partial charge in [-0.1, -0.05) is 0 Å². The molecule has 0 aromatic carbocycles. The van der Waals surface area contributed by atoms with Crippen molar-refractivity contribution < 1.29 is 0 Å². The highest BCUT2D eigenvalue weighted by Gasteiger charge is 2.20. The Bertz CT molecular complexity index is 548. The lowest BCUT2D eigenvalue weighted by Crippen LogP contribution is -2.37. The lowest BCUT2D eigenvalue weighted by atomic mass is 10.1. The van der Waals surface area contributed by atoms with Gasteiger partial charge >= 0.3 is 0 Å². The zero-order chi connectivity index (χ0) is 12.5. The van der Waals surface area contributed by atoms with Crippen LogP contribution in [0, 0.1) is 6.92 Å². The molecule has 6 heteroatoms. The molecule has 3 rings (SSSR count). The Morgan fingerprint density at radius 1 is 1.61 bits per heavy atom. The van der Waals surface area contributed by atoms with Gasteiger partial charge in [-0.3, -0.25) is 0 Å². The first-order chi connectivity index (χ1) is 8.70. The Morgan fingerprint density at radius 2 is 2.50 bits per heavy atom. The van der Waals surface area contributed by atoms with Gasteiger partial charge in [0, 0.05) is 19.0 Å². The number of aryl methyl sites for hydroxylation is 2. The summed E-state index contributed by atoms with van der Waals surface area (Å²) < 4.78 is 3.23. The maximum absolute atomic E-state index is 4.43. The predicted octanol–water partition coefficient (Wildman–Crippen LogP) is 2.52. The Hall–Kier alpha value is -0.720. The van der Waals surface area contributed by atoms with E-state index in [1.165, 1.54) is 9.35 Å². The van der Waals surface area contributed by atoms with Crippen molar-refractivity contribution in [1.29, 1.82) is 0 Å². The van der Waals surface area contributed by atoms with Crippen LogP contribution in [-0.4, -0.2) is 20.8 Å². The molecule has 2 aromatic rings. The molecule has 0 amide bonds. The van der Waals surface area contributed by atoms with Crippen molar-refractivity contribution in [2.24, 2.45) is 0 Å². The first-order valence-electron chi connectivity index (χ1n) is 6.07. The standard InChI is InChI=1S/C12H15BrN4S/c1-8-15-12-3-2-10(6-17(12)16-8)14-5-9-4-11(13)18-7-9/h4,7,10,14H,2-3,5-6H2,1H3/t10-/m1/s1. The number of aromatic nitrogens is 3. The molecular formula is C12H15BrN4S. The molecular weight excluding hydrogens is 312 g/mol. The fourth-order valence-electron chi connectivity index (χ4n) is 2.30. The van der Waals surface area contributed by atoms with E-state index in [-0.39, 0.29) is 0 Å². The molecule has 0 saturated heterocycles. The van der Waals surface area contributed by atoms with E-state index in [0.29, 0.717) is 6.04 Å². The fourth-order valence-corrected chi connectivity index (χ4v) is 3.51. The topological polar surface area (TPSA) is 42.7 Å². The molecule has 1 N–H and O–H groups in total. The van der Waals surface area contributed by atoms with E-state index in [1.54, 1.807) is 11.3 Å². The molecule has 4 nitrogen and oxygen atoms in total. The molecule has 0 saturated carbocycles. The predicted molar refractivity (Wildman–Crippen MR) is 75.7 cm³/mol. The molecule has 0 aliphatic carbocycles. The van der Waals surface area contributed by atoms with Crippen molar-refractivity contribution in [3.8, 4) is 0 Å². The monoisotopic (exact) mass is 326 g/mol. The van der Waals surface area contributed by atoms with Crippen molar-refractivity contribution in [1.82, 2.24) is 20.1 Å². The summed E-state index contributed by atoms with van der Waals surface area (Å²) in [6.07, 6.45) is 2.16. The van der Waals surface area contributed by atoms with E-state index in [2.05, 4.69) is 42.8 Å². The number of hydrogen-bond acceptors (Lipinski definition) is 4. The minimum Gasteiger partial charge on any atom is -0.308 e. The molecule has 96 valence electrons. The van der Waals surface area contributed by atoms with E-state index in [0.717, 1.165) is 37.6 Å². The Labute approximate surface area is 119 Å². The SMILES string of the molecule is Cc1nc2n(n1)C[C@H](NCc1csc(Br)c1)CC2. The molecule has 3 heterocycles. The van der Waals surface area contributed by atoms with Crippen LogP contribution in [0.2, 0.25) is 0 Å². The van der Waals surface area contributed by atoms with Crippen LogP contribution in [0.25, 0.3) is 0 Å². The van der Waals surface area contributed by atoms with E-state index < -0.39 is 0 Å². The Kier molecular flexibility index (Phi) is 3.50. The molecule has 2 aromatic heterocycles. The highest BCUT2D eigenvalue weighted by atomic mass is 79.9. The molecule has 0 bridgehead atoms. The highest BCUT2D eigenvalue weighted by molar-refractivity contribution is 9.11. The molecule has 0 spiro atoms. The molecule has 0 radical (unpaired) electrons. The number of nitrogens with zero attached hydrogens (tertiary/aromatic N) is 3. The van der Waals surface area contributed by atoms with Crippen LogP contribution in [0.3, 0.4) is 0 Å². The van der Waals surface area contributed by atoms with Gasteiger partial charge in [-0.05, 0) is 46.3 Å². The lowest BCUT2D eigenvalue weighted by molar-refractivity contribution is 0.358. The zero-order valence-electron chi connectivity index (χ0n) is 10.2. The molecule has 1 aliphatic heterocycles. The summed E-state index contributed by atoms with van der Waals surface area (Å²) in [5.74, 6) is 2.01. The first-order valence-corrected chi connectivity index (χ1v) is 7.74. The van der Waals surface area contributed by atoms with Crippen LogP contribution in [0.1, 0.15) is 23.6 Å². The molecule has 1 atom stereocenters. The van der Waals surface area contributed by atoms with Gasteiger partial charge in [0.25, 0.3) is 0 Å². The summed E-state index contributed by atoms with van der Waals surface area (Å²) in [4.78, 5) is 4.43. The van der Waals surface area contributed by atoms with Crippen molar-refractivity contribution in [2.45, 2.75) is 38.9 Å². The normalized spacial score (nSPS) is 18.9. The van der Waals surface area contributed by atoms with Gasteiger partial charge < -0.3 is 5.32 Å². The minimum absolute atomic E-state index is 0.497. The summed E-state index contributed by atoms with van der Waals surface area (Å²) in [5, 5.41) is 10.2. The van der Waals surface area contributed by atoms with E-state index in [1.807, 2.05) is 11.6 Å². The van der Waals surface area contributed by atoms with Gasteiger partial charge in [0.1, 0.15) is 11.6 Å². The number of hydrogen-bond donors (Lipinski definition) is 1. The third kappa shape index (κ3) is 2.65. The largest absolute Gasteiger partial charge is 0.308 e. The highest BCUT2D eigenvalue weighted by Crippen LogP contribution is 2.21. The van der Waals surface area contributed by atoms with Crippen LogP contribution < -0.4 is 5.32 Å². The Morgan fingerprint density at radius 3 is 3.28 bits per heavy atom. The van der Waals surface area contributed by atoms with Gasteiger partial charge in [-0.2, -0.15) is 5.10 Å². The minimum atomic E-state index is 0.497. The van der Waals surface area contributed by atoms with Crippen LogP contribution in [0.5, 0.6) is 0 Å². The third-order valence-corrected chi connectivity index (χ3v) is 4.73. The van der Waals surface area contributed by atoms with Crippen molar-refractivity contribution in [3.63, 3.8) is 0 Å². The molecule has 0 unspecified atom stereocenters. The molecule has 1 aliphatic rings. The molecule has 18 heavy (non-hydrogen) atoms. The van der Waals surface area contributed by atoms with Gasteiger partial charge in [-0.25, -0.2) is 9.67 Å². The summed E-state index contributed by atoms with van der Waals surface area (Å²) in [7, 11) is 0. The summed E-state index contributed by atoms with van der Waals surface area (Å²) in [5.41, 5.74) is 1.34. The van der Waals surface area contributed by atoms with Crippen LogP contribution >= 0.6 is 27.3 Å². The lowest BCUT2D eigenvalue weighted by Gasteiger charge is -2.23. The van der Waals surface area contributed by atoms with E-state index in [9.17, 15) is 0 Å². The zero-order valence-corrected chi connectivity index (χ0v) is 12.6. The Balaban J connectivity index is 1.59. The van der Waals surface area contributed by atoms with Gasteiger partial charge in [-0.15, -0.1) is 11.3 Å².